The van der Waals surface area contributed by atoms with Gasteiger partial charge in [-0.05, 0) is 30.5 Å². The van der Waals surface area contributed by atoms with Crippen molar-refractivity contribution in [1.82, 2.24) is 10.7 Å². The number of hydrazone groups is 1. The number of nitrogens with one attached hydrogen (secondary N) is 2. The van der Waals surface area contributed by atoms with Crippen molar-refractivity contribution in [2.45, 2.75) is 44.6 Å². The largest absolute Gasteiger partial charge is 0.378 e. The third-order valence-corrected chi connectivity index (χ3v) is 4.10. The van der Waals surface area contributed by atoms with Gasteiger partial charge in [0.25, 0.3) is 0 Å². The number of benzene rings is 1. The minimum Gasteiger partial charge on any atom is -0.378 e. The maximum atomic E-state index is 11.8. The zero-order valence-electron chi connectivity index (χ0n) is 14.4. The Balaban J connectivity index is 1.72. The number of hydrogen-bond acceptors (Lipinski definition) is 4. The Kier molecular flexibility index (Phi) is 6.78. The fourth-order valence-corrected chi connectivity index (χ4v) is 2.75. The molecule has 2 N–H and O–H groups in total. The standard InChI is InChI=1S/C18H26N4O2/c1-22(2)16-10-8-14(9-11-16)13-19-21-18(24)12-17(23)20-15-6-4-3-5-7-15/h8-11,13,15H,3-7,12H2,1-2H3,(H,20,23)(H,21,24)/b19-13-. The number of nitrogens with zero attached hydrogens (tertiary/aromatic N) is 2. The number of hydrogen-bond donors (Lipinski definition) is 2. The molecule has 0 saturated heterocycles. The molecule has 0 atom stereocenters. The lowest BCUT2D eigenvalue weighted by Crippen LogP contribution is -2.38. The maximum Gasteiger partial charge on any atom is 0.249 e. The molecule has 130 valence electrons. The first kappa shape index (κ1) is 18.0. The first-order valence-corrected chi connectivity index (χ1v) is 8.43. The van der Waals surface area contributed by atoms with E-state index in [1.54, 1.807) is 6.21 Å². The predicted octanol–water partition coefficient (Wildman–Crippen LogP) is 2.04. The number of rotatable bonds is 6. The van der Waals surface area contributed by atoms with Crippen molar-refractivity contribution < 1.29 is 9.59 Å². The predicted molar refractivity (Wildman–Crippen MR) is 96.1 cm³/mol. The monoisotopic (exact) mass is 330 g/mol. The van der Waals surface area contributed by atoms with E-state index in [4.69, 9.17) is 0 Å². The van der Waals surface area contributed by atoms with E-state index in [0.29, 0.717) is 0 Å². The van der Waals surface area contributed by atoms with Crippen LogP contribution in [0.1, 0.15) is 44.1 Å². The molecule has 1 saturated carbocycles. The van der Waals surface area contributed by atoms with Crippen LogP contribution in [0.3, 0.4) is 0 Å². The molecule has 0 aliphatic heterocycles. The fraction of sp³-hybridized carbons (Fsp3) is 0.500. The van der Waals surface area contributed by atoms with Crippen LogP contribution in [0.15, 0.2) is 29.4 Å². The highest BCUT2D eigenvalue weighted by Crippen LogP contribution is 2.17. The van der Waals surface area contributed by atoms with E-state index in [2.05, 4.69) is 15.8 Å². The van der Waals surface area contributed by atoms with E-state index in [9.17, 15) is 9.59 Å². The highest BCUT2D eigenvalue weighted by Gasteiger charge is 2.17. The molecule has 0 unspecified atom stereocenters. The molecule has 6 nitrogen and oxygen atoms in total. The molecule has 1 aromatic carbocycles. The van der Waals surface area contributed by atoms with Crippen LogP contribution in [0.2, 0.25) is 0 Å². The second kappa shape index (κ2) is 9.05. The van der Waals surface area contributed by atoms with Crippen molar-refractivity contribution in [1.29, 1.82) is 0 Å². The summed E-state index contributed by atoms with van der Waals surface area (Å²) in [6.45, 7) is 0. The Morgan fingerprint density at radius 3 is 2.42 bits per heavy atom. The van der Waals surface area contributed by atoms with Gasteiger partial charge in [-0.25, -0.2) is 5.43 Å². The molecule has 0 heterocycles. The van der Waals surface area contributed by atoms with Crippen molar-refractivity contribution >= 4 is 23.7 Å². The van der Waals surface area contributed by atoms with E-state index in [0.717, 1.165) is 36.9 Å². The summed E-state index contributed by atoms with van der Waals surface area (Å²) in [5.74, 6) is -0.630. The zero-order valence-corrected chi connectivity index (χ0v) is 14.4. The smallest absolute Gasteiger partial charge is 0.249 e. The molecule has 0 radical (unpaired) electrons. The van der Waals surface area contributed by atoms with Gasteiger partial charge < -0.3 is 10.2 Å². The highest BCUT2D eigenvalue weighted by molar-refractivity contribution is 5.97. The lowest BCUT2D eigenvalue weighted by atomic mass is 9.95. The van der Waals surface area contributed by atoms with Crippen LogP contribution in [0.4, 0.5) is 5.69 Å². The fourth-order valence-electron chi connectivity index (χ4n) is 2.75. The van der Waals surface area contributed by atoms with E-state index < -0.39 is 5.91 Å². The van der Waals surface area contributed by atoms with Gasteiger partial charge in [-0.3, -0.25) is 9.59 Å². The Morgan fingerprint density at radius 2 is 1.79 bits per heavy atom. The Hall–Kier alpha value is -2.37. The summed E-state index contributed by atoms with van der Waals surface area (Å²) in [5, 5.41) is 6.82. The summed E-state index contributed by atoms with van der Waals surface area (Å²) in [6.07, 6.45) is 6.92. The average molecular weight is 330 g/mol. The molecule has 1 aliphatic carbocycles. The van der Waals surface area contributed by atoms with Crippen molar-refractivity contribution in [3.8, 4) is 0 Å². The van der Waals surface area contributed by atoms with E-state index in [1.165, 1.54) is 6.42 Å². The Morgan fingerprint density at radius 1 is 1.12 bits per heavy atom. The molecule has 1 fully saturated rings. The average Bonchev–Trinajstić information content (AvgIpc) is 2.56. The molecule has 0 aromatic heterocycles. The number of carbonyl (C=O) groups is 2. The zero-order chi connectivity index (χ0) is 17.4. The van der Waals surface area contributed by atoms with Gasteiger partial charge in [-0.1, -0.05) is 31.4 Å². The maximum absolute atomic E-state index is 11.8. The van der Waals surface area contributed by atoms with Crippen LogP contribution < -0.4 is 15.6 Å². The van der Waals surface area contributed by atoms with Gasteiger partial charge in [0.05, 0.1) is 6.21 Å². The van der Waals surface area contributed by atoms with Gasteiger partial charge in [-0.2, -0.15) is 5.10 Å². The topological polar surface area (TPSA) is 73.8 Å². The summed E-state index contributed by atoms with van der Waals surface area (Å²) in [5.41, 5.74) is 4.37. The molecule has 6 heteroatoms. The number of carbonyl (C=O) groups excluding carboxylic acids is 2. The summed E-state index contributed by atoms with van der Waals surface area (Å²) in [7, 11) is 3.95. The second-order valence-corrected chi connectivity index (χ2v) is 6.36. The van der Waals surface area contributed by atoms with Gasteiger partial charge in [0.1, 0.15) is 6.42 Å². The van der Waals surface area contributed by atoms with Gasteiger partial charge >= 0.3 is 0 Å². The lowest BCUT2D eigenvalue weighted by molar-refractivity contribution is -0.129. The molecule has 2 rings (SSSR count). The molecule has 24 heavy (non-hydrogen) atoms. The molecule has 1 aromatic rings. The minimum absolute atomic E-state index is 0.187. The molecule has 2 amide bonds. The minimum atomic E-state index is -0.399. The summed E-state index contributed by atoms with van der Waals surface area (Å²) >= 11 is 0. The third kappa shape index (κ3) is 6.02. The summed E-state index contributed by atoms with van der Waals surface area (Å²) < 4.78 is 0. The van der Waals surface area contributed by atoms with Crippen molar-refractivity contribution in [3.05, 3.63) is 29.8 Å². The summed E-state index contributed by atoms with van der Waals surface area (Å²) in [4.78, 5) is 25.6. The Labute approximate surface area is 143 Å². The molecular weight excluding hydrogens is 304 g/mol. The number of amides is 2. The van der Waals surface area contributed by atoms with E-state index in [1.807, 2.05) is 43.3 Å². The first-order chi connectivity index (χ1) is 11.5. The number of anilines is 1. The van der Waals surface area contributed by atoms with Crippen LogP contribution in [-0.2, 0) is 9.59 Å². The van der Waals surface area contributed by atoms with Crippen LogP contribution in [-0.4, -0.2) is 38.2 Å². The van der Waals surface area contributed by atoms with Crippen LogP contribution in [0, 0.1) is 0 Å². The second-order valence-electron chi connectivity index (χ2n) is 6.36. The molecular formula is C18H26N4O2. The highest BCUT2D eigenvalue weighted by atomic mass is 16.2. The first-order valence-electron chi connectivity index (χ1n) is 8.43. The quantitative estimate of drug-likeness (QED) is 0.476. The Bertz CT molecular complexity index is 575. The molecule has 1 aliphatic rings. The van der Waals surface area contributed by atoms with Crippen molar-refractivity contribution in [2.75, 3.05) is 19.0 Å². The lowest BCUT2D eigenvalue weighted by Gasteiger charge is -2.22. The van der Waals surface area contributed by atoms with Crippen LogP contribution in [0.25, 0.3) is 0 Å². The SMILES string of the molecule is CN(C)c1ccc(/C=N\NC(=O)CC(=O)NC2CCCCC2)cc1. The van der Waals surface area contributed by atoms with Crippen LogP contribution >= 0.6 is 0 Å². The molecule has 0 spiro atoms. The van der Waals surface area contributed by atoms with Gasteiger partial charge in [-0.15, -0.1) is 0 Å². The molecule has 0 bridgehead atoms. The van der Waals surface area contributed by atoms with E-state index in [-0.39, 0.29) is 18.4 Å². The van der Waals surface area contributed by atoms with Crippen molar-refractivity contribution in [3.63, 3.8) is 0 Å². The summed E-state index contributed by atoms with van der Waals surface area (Å²) in [6, 6.07) is 8.00. The van der Waals surface area contributed by atoms with E-state index >= 15 is 0 Å². The van der Waals surface area contributed by atoms with Gasteiger partial charge in [0, 0.05) is 25.8 Å². The third-order valence-electron chi connectivity index (χ3n) is 4.10. The van der Waals surface area contributed by atoms with Gasteiger partial charge in [0.15, 0.2) is 0 Å². The van der Waals surface area contributed by atoms with Gasteiger partial charge in [0.2, 0.25) is 11.8 Å². The van der Waals surface area contributed by atoms with Crippen molar-refractivity contribution in [2.24, 2.45) is 5.10 Å². The normalized spacial score (nSPS) is 15.2. The van der Waals surface area contributed by atoms with Crippen LogP contribution in [0.5, 0.6) is 0 Å².